The number of nitrogens with two attached hydrogens (primary N) is 1. The first-order chi connectivity index (χ1) is 7.99. The van der Waals surface area contributed by atoms with E-state index >= 15 is 0 Å². The Balaban J connectivity index is 2.31. The van der Waals surface area contributed by atoms with Crippen molar-refractivity contribution in [2.45, 2.75) is 20.4 Å². The zero-order valence-corrected chi connectivity index (χ0v) is 11.2. The summed E-state index contributed by atoms with van der Waals surface area (Å²) in [5.74, 6) is 0. The van der Waals surface area contributed by atoms with Crippen molar-refractivity contribution in [2.75, 3.05) is 5.73 Å². The lowest BCUT2D eigenvalue weighted by Gasteiger charge is -2.06. The molecule has 1 aromatic carbocycles. The molecule has 0 bridgehead atoms. The lowest BCUT2D eigenvalue weighted by Crippen LogP contribution is -2.04. The molecule has 1 aromatic heterocycles. The SMILES string of the molecule is Cc1nn(Cc2ccc(Cl)c(N)c2)c(C)c1Cl. The maximum Gasteiger partial charge on any atom is 0.0844 e. The predicted molar refractivity (Wildman–Crippen MR) is 71.7 cm³/mol. The Morgan fingerprint density at radius 3 is 2.53 bits per heavy atom. The van der Waals surface area contributed by atoms with E-state index in [0.29, 0.717) is 22.3 Å². The summed E-state index contributed by atoms with van der Waals surface area (Å²) >= 11 is 12.0. The lowest BCUT2D eigenvalue weighted by atomic mass is 10.2. The highest BCUT2D eigenvalue weighted by atomic mass is 35.5. The molecule has 3 nitrogen and oxygen atoms in total. The fourth-order valence-corrected chi connectivity index (χ4v) is 1.95. The molecule has 0 unspecified atom stereocenters. The topological polar surface area (TPSA) is 43.8 Å². The van der Waals surface area contributed by atoms with E-state index in [-0.39, 0.29) is 0 Å². The van der Waals surface area contributed by atoms with E-state index in [2.05, 4.69) is 5.10 Å². The molecular weight excluding hydrogens is 257 g/mol. The molecule has 0 aliphatic heterocycles. The molecule has 0 saturated carbocycles. The number of hydrogen-bond donors (Lipinski definition) is 1. The molecule has 0 radical (unpaired) electrons. The summed E-state index contributed by atoms with van der Waals surface area (Å²) < 4.78 is 1.86. The number of benzene rings is 1. The van der Waals surface area contributed by atoms with Gasteiger partial charge < -0.3 is 5.73 Å². The first-order valence-electron chi connectivity index (χ1n) is 5.22. The summed E-state index contributed by atoms with van der Waals surface area (Å²) in [6, 6.07) is 5.58. The number of halogens is 2. The van der Waals surface area contributed by atoms with Crippen molar-refractivity contribution in [3.63, 3.8) is 0 Å². The lowest BCUT2D eigenvalue weighted by molar-refractivity contribution is 0.659. The first kappa shape index (κ1) is 12.3. The van der Waals surface area contributed by atoms with Gasteiger partial charge in [-0.2, -0.15) is 5.10 Å². The fraction of sp³-hybridized carbons (Fsp3) is 0.250. The van der Waals surface area contributed by atoms with E-state index in [1.807, 2.05) is 30.7 Å². The van der Waals surface area contributed by atoms with Crippen molar-refractivity contribution in [2.24, 2.45) is 0 Å². The van der Waals surface area contributed by atoms with Gasteiger partial charge in [-0.25, -0.2) is 0 Å². The zero-order valence-electron chi connectivity index (χ0n) is 9.67. The van der Waals surface area contributed by atoms with E-state index in [0.717, 1.165) is 17.0 Å². The Morgan fingerprint density at radius 2 is 2.00 bits per heavy atom. The number of aryl methyl sites for hydroxylation is 1. The van der Waals surface area contributed by atoms with Crippen LogP contribution in [-0.2, 0) is 6.54 Å². The van der Waals surface area contributed by atoms with E-state index in [9.17, 15) is 0 Å². The summed E-state index contributed by atoms with van der Waals surface area (Å²) in [6.45, 7) is 4.48. The number of nitrogens with zero attached hydrogens (tertiary/aromatic N) is 2. The normalized spacial score (nSPS) is 10.8. The van der Waals surface area contributed by atoms with Crippen LogP contribution in [0.3, 0.4) is 0 Å². The number of aromatic nitrogens is 2. The van der Waals surface area contributed by atoms with Crippen molar-refractivity contribution >= 4 is 28.9 Å². The van der Waals surface area contributed by atoms with Gasteiger partial charge in [0.25, 0.3) is 0 Å². The van der Waals surface area contributed by atoms with Gasteiger partial charge in [-0.05, 0) is 31.5 Å². The molecule has 5 heteroatoms. The van der Waals surface area contributed by atoms with Gasteiger partial charge in [0.15, 0.2) is 0 Å². The Hall–Kier alpha value is -1.19. The van der Waals surface area contributed by atoms with Crippen LogP contribution >= 0.6 is 23.2 Å². The summed E-state index contributed by atoms with van der Waals surface area (Å²) in [6.07, 6.45) is 0. The molecular formula is C12H13Cl2N3. The van der Waals surface area contributed by atoms with Crippen LogP contribution in [0.1, 0.15) is 17.0 Å². The molecule has 2 N–H and O–H groups in total. The van der Waals surface area contributed by atoms with Crippen LogP contribution in [0, 0.1) is 13.8 Å². The van der Waals surface area contributed by atoms with Gasteiger partial charge in [0.1, 0.15) is 0 Å². The van der Waals surface area contributed by atoms with Gasteiger partial charge in [0.2, 0.25) is 0 Å². The minimum absolute atomic E-state index is 0.570. The first-order valence-corrected chi connectivity index (χ1v) is 5.98. The second-order valence-corrected chi connectivity index (χ2v) is 4.78. The van der Waals surface area contributed by atoms with Crippen LogP contribution in [0.5, 0.6) is 0 Å². The Labute approximate surface area is 110 Å². The highest BCUT2D eigenvalue weighted by Crippen LogP contribution is 2.22. The molecule has 17 heavy (non-hydrogen) atoms. The summed E-state index contributed by atoms with van der Waals surface area (Å²) in [7, 11) is 0. The third kappa shape index (κ3) is 2.40. The van der Waals surface area contributed by atoms with Gasteiger partial charge in [0, 0.05) is 0 Å². The minimum atomic E-state index is 0.570. The molecule has 0 spiro atoms. The molecule has 0 aliphatic rings. The quantitative estimate of drug-likeness (QED) is 0.849. The molecule has 0 atom stereocenters. The van der Waals surface area contributed by atoms with Crippen molar-refractivity contribution in [3.8, 4) is 0 Å². The summed E-state index contributed by atoms with van der Waals surface area (Å²) in [5.41, 5.74) is 9.19. The third-order valence-electron chi connectivity index (χ3n) is 2.69. The minimum Gasteiger partial charge on any atom is -0.398 e. The summed E-state index contributed by atoms with van der Waals surface area (Å²) in [5, 5.41) is 5.65. The number of hydrogen-bond acceptors (Lipinski definition) is 2. The van der Waals surface area contributed by atoms with Crippen LogP contribution in [0.15, 0.2) is 18.2 Å². The Morgan fingerprint density at radius 1 is 1.29 bits per heavy atom. The van der Waals surface area contributed by atoms with Crippen LogP contribution in [0.25, 0.3) is 0 Å². The van der Waals surface area contributed by atoms with Gasteiger partial charge in [-0.1, -0.05) is 29.3 Å². The van der Waals surface area contributed by atoms with Crippen LogP contribution in [0.2, 0.25) is 10.0 Å². The Bertz CT molecular complexity index is 561. The molecule has 0 fully saturated rings. The maximum absolute atomic E-state index is 6.09. The monoisotopic (exact) mass is 269 g/mol. The van der Waals surface area contributed by atoms with E-state index in [4.69, 9.17) is 28.9 Å². The van der Waals surface area contributed by atoms with Gasteiger partial charge >= 0.3 is 0 Å². The second-order valence-electron chi connectivity index (χ2n) is 4.00. The third-order valence-corrected chi connectivity index (χ3v) is 3.58. The molecule has 1 heterocycles. The standard InChI is InChI=1S/C12H13Cl2N3/c1-7-12(14)8(2)17(16-7)6-9-3-4-10(13)11(15)5-9/h3-5H,6,15H2,1-2H3. The molecule has 2 rings (SSSR count). The van der Waals surface area contributed by atoms with Crippen LogP contribution in [-0.4, -0.2) is 9.78 Å². The van der Waals surface area contributed by atoms with Crippen molar-refractivity contribution in [3.05, 3.63) is 45.2 Å². The average molecular weight is 270 g/mol. The van der Waals surface area contributed by atoms with Crippen LogP contribution in [0.4, 0.5) is 5.69 Å². The van der Waals surface area contributed by atoms with Crippen molar-refractivity contribution in [1.29, 1.82) is 0 Å². The number of rotatable bonds is 2. The smallest absolute Gasteiger partial charge is 0.0844 e. The average Bonchev–Trinajstić information content (AvgIpc) is 2.52. The molecule has 0 aliphatic carbocycles. The molecule has 0 amide bonds. The highest BCUT2D eigenvalue weighted by molar-refractivity contribution is 6.33. The molecule has 2 aromatic rings. The van der Waals surface area contributed by atoms with Gasteiger partial charge in [0.05, 0.1) is 33.7 Å². The fourth-order valence-electron chi connectivity index (χ4n) is 1.69. The predicted octanol–water partition coefficient (Wildman–Crippen LogP) is 3.44. The van der Waals surface area contributed by atoms with Crippen LogP contribution < -0.4 is 5.73 Å². The van der Waals surface area contributed by atoms with Crippen molar-refractivity contribution in [1.82, 2.24) is 9.78 Å². The Kier molecular flexibility index (Phi) is 3.31. The van der Waals surface area contributed by atoms with Crippen molar-refractivity contribution < 1.29 is 0 Å². The van der Waals surface area contributed by atoms with E-state index < -0.39 is 0 Å². The molecule has 0 saturated heterocycles. The van der Waals surface area contributed by atoms with E-state index in [1.54, 1.807) is 6.07 Å². The highest BCUT2D eigenvalue weighted by Gasteiger charge is 2.09. The summed E-state index contributed by atoms with van der Waals surface area (Å²) in [4.78, 5) is 0. The zero-order chi connectivity index (χ0) is 12.6. The second kappa shape index (κ2) is 4.59. The van der Waals surface area contributed by atoms with Gasteiger partial charge in [-0.15, -0.1) is 0 Å². The number of nitrogen functional groups attached to an aromatic ring is 1. The van der Waals surface area contributed by atoms with Gasteiger partial charge in [-0.3, -0.25) is 4.68 Å². The maximum atomic E-state index is 6.09. The largest absolute Gasteiger partial charge is 0.398 e. The van der Waals surface area contributed by atoms with E-state index in [1.165, 1.54) is 0 Å². The number of anilines is 1. The molecule has 90 valence electrons.